The second-order valence-corrected chi connectivity index (χ2v) is 4.90. The van der Waals surface area contributed by atoms with E-state index < -0.39 is 0 Å². The zero-order valence-electron chi connectivity index (χ0n) is 8.46. The van der Waals surface area contributed by atoms with E-state index in [2.05, 4.69) is 52.4 Å². The minimum atomic E-state index is 0.706. The topological polar surface area (TPSA) is 12.0 Å². The van der Waals surface area contributed by atoms with E-state index in [9.17, 15) is 0 Å². The molecule has 1 N–H and O–H groups in total. The molecule has 1 heterocycles. The predicted molar refractivity (Wildman–Crippen MR) is 63.5 cm³/mol. The van der Waals surface area contributed by atoms with E-state index >= 15 is 0 Å². The van der Waals surface area contributed by atoms with Crippen LogP contribution in [0.2, 0.25) is 0 Å². The highest BCUT2D eigenvalue weighted by atomic mass is 79.9. The van der Waals surface area contributed by atoms with Gasteiger partial charge in [0.1, 0.15) is 0 Å². The van der Waals surface area contributed by atoms with Gasteiger partial charge in [0.05, 0.1) is 0 Å². The largest absolute Gasteiger partial charge is 0.316 e. The summed E-state index contributed by atoms with van der Waals surface area (Å²) in [4.78, 5) is 0. The molecule has 1 aromatic rings. The van der Waals surface area contributed by atoms with E-state index in [1.807, 2.05) is 0 Å². The van der Waals surface area contributed by atoms with Crippen LogP contribution in [0.25, 0.3) is 0 Å². The first-order chi connectivity index (χ1) is 6.81. The Morgan fingerprint density at radius 1 is 1.43 bits per heavy atom. The van der Waals surface area contributed by atoms with Gasteiger partial charge in [0.2, 0.25) is 0 Å². The van der Waals surface area contributed by atoms with Crippen molar-refractivity contribution in [2.45, 2.75) is 19.3 Å². The van der Waals surface area contributed by atoms with Gasteiger partial charge in [-0.25, -0.2) is 0 Å². The lowest BCUT2D eigenvalue weighted by Gasteiger charge is -2.17. The van der Waals surface area contributed by atoms with Crippen molar-refractivity contribution in [3.8, 4) is 0 Å². The van der Waals surface area contributed by atoms with E-state index in [-0.39, 0.29) is 0 Å². The summed E-state index contributed by atoms with van der Waals surface area (Å²) < 4.78 is 1.19. The van der Waals surface area contributed by atoms with Gasteiger partial charge in [-0.2, -0.15) is 0 Å². The van der Waals surface area contributed by atoms with Crippen LogP contribution in [0.5, 0.6) is 0 Å². The smallest absolute Gasteiger partial charge is 0.0178 e. The minimum Gasteiger partial charge on any atom is -0.316 e. The van der Waals surface area contributed by atoms with E-state index in [4.69, 9.17) is 0 Å². The van der Waals surface area contributed by atoms with Crippen LogP contribution in [-0.2, 0) is 0 Å². The van der Waals surface area contributed by atoms with Crippen LogP contribution in [-0.4, -0.2) is 13.1 Å². The first-order valence-corrected chi connectivity index (χ1v) is 6.06. The fraction of sp³-hybridized carbons (Fsp3) is 0.500. The zero-order chi connectivity index (χ0) is 9.97. The van der Waals surface area contributed by atoms with Crippen LogP contribution in [0.1, 0.15) is 24.8 Å². The summed E-state index contributed by atoms with van der Waals surface area (Å²) in [7, 11) is 0. The summed E-state index contributed by atoms with van der Waals surface area (Å²) in [5.74, 6) is 1.52. The summed E-state index contributed by atoms with van der Waals surface area (Å²) in [6, 6.07) is 8.71. The van der Waals surface area contributed by atoms with Crippen molar-refractivity contribution in [1.29, 1.82) is 0 Å². The highest BCUT2D eigenvalue weighted by Gasteiger charge is 2.26. The van der Waals surface area contributed by atoms with Crippen LogP contribution in [0, 0.1) is 5.92 Å². The standard InChI is InChI=1S/C12H16BrN/c1-2-9-7-14-8-12(9)10-4-3-5-11(13)6-10/h3-6,9,12,14H,2,7-8H2,1H3. The molecule has 0 amide bonds. The summed E-state index contributed by atoms with van der Waals surface area (Å²) in [5, 5.41) is 3.48. The Morgan fingerprint density at radius 2 is 2.29 bits per heavy atom. The number of benzene rings is 1. The maximum Gasteiger partial charge on any atom is 0.0178 e. The van der Waals surface area contributed by atoms with Gasteiger partial charge in [0, 0.05) is 16.9 Å². The molecule has 76 valence electrons. The van der Waals surface area contributed by atoms with Crippen molar-refractivity contribution in [3.63, 3.8) is 0 Å². The third kappa shape index (κ3) is 2.01. The fourth-order valence-corrected chi connectivity index (χ4v) is 2.71. The van der Waals surface area contributed by atoms with Crippen LogP contribution >= 0.6 is 15.9 Å². The number of nitrogens with one attached hydrogen (secondary N) is 1. The Morgan fingerprint density at radius 3 is 3.00 bits per heavy atom. The first kappa shape index (κ1) is 10.2. The molecule has 2 atom stereocenters. The number of hydrogen-bond acceptors (Lipinski definition) is 1. The van der Waals surface area contributed by atoms with Gasteiger partial charge in [0.25, 0.3) is 0 Å². The lowest BCUT2D eigenvalue weighted by molar-refractivity contribution is 0.502. The van der Waals surface area contributed by atoms with Crippen LogP contribution < -0.4 is 5.32 Å². The van der Waals surface area contributed by atoms with Gasteiger partial charge in [-0.15, -0.1) is 0 Å². The van der Waals surface area contributed by atoms with E-state index in [0.29, 0.717) is 5.92 Å². The second kappa shape index (κ2) is 4.45. The molecule has 2 rings (SSSR count). The summed E-state index contributed by atoms with van der Waals surface area (Å²) in [6.07, 6.45) is 1.27. The van der Waals surface area contributed by atoms with Crippen LogP contribution in [0.4, 0.5) is 0 Å². The highest BCUT2D eigenvalue weighted by Crippen LogP contribution is 2.31. The van der Waals surface area contributed by atoms with Crippen LogP contribution in [0.3, 0.4) is 0 Å². The Bertz CT molecular complexity index is 311. The molecule has 0 aromatic heterocycles. The average Bonchev–Trinajstić information content (AvgIpc) is 2.65. The molecule has 0 aliphatic carbocycles. The molecule has 1 fully saturated rings. The van der Waals surface area contributed by atoms with Crippen molar-refractivity contribution in [2.24, 2.45) is 5.92 Å². The van der Waals surface area contributed by atoms with Gasteiger partial charge in [-0.1, -0.05) is 41.4 Å². The Kier molecular flexibility index (Phi) is 3.24. The Hall–Kier alpha value is -0.340. The SMILES string of the molecule is CCC1CNCC1c1cccc(Br)c1. The molecule has 1 aliphatic heterocycles. The normalized spacial score (nSPS) is 26.7. The molecular weight excluding hydrogens is 238 g/mol. The van der Waals surface area contributed by atoms with Gasteiger partial charge < -0.3 is 5.32 Å². The Balaban J connectivity index is 2.21. The van der Waals surface area contributed by atoms with Crippen molar-refractivity contribution in [2.75, 3.05) is 13.1 Å². The maximum atomic E-state index is 3.53. The van der Waals surface area contributed by atoms with E-state index in [1.54, 1.807) is 0 Å². The molecule has 0 bridgehead atoms. The molecular formula is C12H16BrN. The molecule has 1 aliphatic rings. The van der Waals surface area contributed by atoms with Crippen molar-refractivity contribution < 1.29 is 0 Å². The van der Waals surface area contributed by atoms with E-state index in [0.717, 1.165) is 12.5 Å². The summed E-state index contributed by atoms with van der Waals surface area (Å²) in [6.45, 7) is 4.59. The highest BCUT2D eigenvalue weighted by molar-refractivity contribution is 9.10. The molecule has 0 radical (unpaired) electrons. The van der Waals surface area contributed by atoms with Gasteiger partial charge >= 0.3 is 0 Å². The first-order valence-electron chi connectivity index (χ1n) is 5.27. The number of halogens is 1. The van der Waals surface area contributed by atoms with Crippen LogP contribution in [0.15, 0.2) is 28.7 Å². The van der Waals surface area contributed by atoms with Gasteiger partial charge in [0.15, 0.2) is 0 Å². The molecule has 0 saturated carbocycles. The van der Waals surface area contributed by atoms with Gasteiger partial charge in [-0.3, -0.25) is 0 Å². The van der Waals surface area contributed by atoms with Gasteiger partial charge in [-0.05, 0) is 30.2 Å². The molecule has 2 unspecified atom stereocenters. The molecule has 14 heavy (non-hydrogen) atoms. The summed E-state index contributed by atoms with van der Waals surface area (Å²) >= 11 is 3.53. The lowest BCUT2D eigenvalue weighted by atomic mass is 9.87. The molecule has 1 saturated heterocycles. The van der Waals surface area contributed by atoms with E-state index in [1.165, 1.54) is 23.0 Å². The minimum absolute atomic E-state index is 0.706. The van der Waals surface area contributed by atoms with Crippen molar-refractivity contribution >= 4 is 15.9 Å². The second-order valence-electron chi connectivity index (χ2n) is 3.99. The van der Waals surface area contributed by atoms with Crippen molar-refractivity contribution in [1.82, 2.24) is 5.32 Å². The predicted octanol–water partition coefficient (Wildman–Crippen LogP) is 3.16. The molecule has 2 heteroatoms. The Labute approximate surface area is 94.0 Å². The number of rotatable bonds is 2. The third-order valence-electron chi connectivity index (χ3n) is 3.14. The summed E-state index contributed by atoms with van der Waals surface area (Å²) in [5.41, 5.74) is 1.47. The molecule has 0 spiro atoms. The van der Waals surface area contributed by atoms with Crippen molar-refractivity contribution in [3.05, 3.63) is 34.3 Å². The zero-order valence-corrected chi connectivity index (χ0v) is 10.0. The fourth-order valence-electron chi connectivity index (χ4n) is 2.29. The maximum absolute atomic E-state index is 3.53. The molecule has 1 aromatic carbocycles. The number of hydrogen-bond donors (Lipinski definition) is 1. The lowest BCUT2D eigenvalue weighted by Crippen LogP contribution is -2.09. The average molecular weight is 254 g/mol. The quantitative estimate of drug-likeness (QED) is 0.854. The molecule has 1 nitrogen and oxygen atoms in total. The monoisotopic (exact) mass is 253 g/mol. The third-order valence-corrected chi connectivity index (χ3v) is 3.63.